The van der Waals surface area contributed by atoms with Crippen LogP contribution in [0.1, 0.15) is 29.1 Å². The minimum atomic E-state index is -0.483. The summed E-state index contributed by atoms with van der Waals surface area (Å²) in [6.07, 6.45) is 0. The van der Waals surface area contributed by atoms with E-state index in [1.54, 1.807) is 12.1 Å². The number of aromatic amines is 1. The Kier molecular flexibility index (Phi) is 2.17. The maximum atomic E-state index is 11.1. The van der Waals surface area contributed by atoms with Crippen LogP contribution in [0, 0.1) is 0 Å². The lowest BCUT2D eigenvalue weighted by Crippen LogP contribution is -2.11. The number of aromatic nitrogens is 2. The Bertz CT molecular complexity index is 515. The predicted octanol–water partition coefficient (Wildman–Crippen LogP) is 0.681. The average molecular weight is 204 g/mol. The second-order valence-corrected chi connectivity index (χ2v) is 3.48. The number of nitrogens with two attached hydrogens (primary N) is 2. The van der Waals surface area contributed by atoms with Crippen LogP contribution in [0.3, 0.4) is 0 Å². The van der Waals surface area contributed by atoms with Crippen LogP contribution < -0.4 is 11.5 Å². The molecule has 1 atom stereocenters. The Balaban J connectivity index is 2.70. The number of para-hydroxylation sites is 1. The van der Waals surface area contributed by atoms with Gasteiger partial charge in [0.05, 0.1) is 17.1 Å². The molecule has 1 amide bonds. The van der Waals surface area contributed by atoms with Crippen LogP contribution >= 0.6 is 0 Å². The number of hydrogen-bond acceptors (Lipinski definition) is 3. The highest BCUT2D eigenvalue weighted by molar-refractivity contribution is 6.04. The molecule has 5 N–H and O–H groups in total. The Morgan fingerprint density at radius 2 is 2.27 bits per heavy atom. The van der Waals surface area contributed by atoms with Gasteiger partial charge in [-0.05, 0) is 19.1 Å². The summed E-state index contributed by atoms with van der Waals surface area (Å²) in [4.78, 5) is 18.4. The molecule has 0 aliphatic heterocycles. The zero-order chi connectivity index (χ0) is 11.0. The van der Waals surface area contributed by atoms with Crippen molar-refractivity contribution < 1.29 is 4.79 Å². The number of benzene rings is 1. The molecule has 0 bridgehead atoms. The van der Waals surface area contributed by atoms with Gasteiger partial charge in [0.15, 0.2) is 0 Å². The minimum absolute atomic E-state index is 0.196. The molecule has 0 aliphatic carbocycles. The highest BCUT2D eigenvalue weighted by Crippen LogP contribution is 2.18. The minimum Gasteiger partial charge on any atom is -0.366 e. The van der Waals surface area contributed by atoms with Gasteiger partial charge in [-0.1, -0.05) is 6.07 Å². The molecule has 0 aliphatic rings. The van der Waals surface area contributed by atoms with Crippen molar-refractivity contribution in [3.63, 3.8) is 0 Å². The van der Waals surface area contributed by atoms with Crippen LogP contribution in [0.5, 0.6) is 0 Å². The third-order valence-corrected chi connectivity index (χ3v) is 2.23. The molecule has 0 saturated heterocycles. The molecule has 1 heterocycles. The topological polar surface area (TPSA) is 97.8 Å². The molecule has 0 fully saturated rings. The van der Waals surface area contributed by atoms with Crippen molar-refractivity contribution in [2.45, 2.75) is 13.0 Å². The number of nitrogens with zero attached hydrogens (tertiary/aromatic N) is 1. The monoisotopic (exact) mass is 204 g/mol. The highest BCUT2D eigenvalue weighted by atomic mass is 16.1. The number of imidazole rings is 1. The van der Waals surface area contributed by atoms with Crippen molar-refractivity contribution in [1.82, 2.24) is 9.97 Å². The lowest BCUT2D eigenvalue weighted by atomic mass is 10.2. The highest BCUT2D eigenvalue weighted by Gasteiger charge is 2.12. The van der Waals surface area contributed by atoms with E-state index in [0.29, 0.717) is 16.9 Å². The van der Waals surface area contributed by atoms with E-state index in [1.165, 1.54) is 0 Å². The van der Waals surface area contributed by atoms with Crippen molar-refractivity contribution in [3.8, 4) is 0 Å². The smallest absolute Gasteiger partial charge is 0.250 e. The maximum absolute atomic E-state index is 11.1. The lowest BCUT2D eigenvalue weighted by molar-refractivity contribution is 0.100. The van der Waals surface area contributed by atoms with Gasteiger partial charge in [0.25, 0.3) is 5.91 Å². The third-order valence-electron chi connectivity index (χ3n) is 2.23. The van der Waals surface area contributed by atoms with Crippen LogP contribution in [0.4, 0.5) is 0 Å². The van der Waals surface area contributed by atoms with Gasteiger partial charge in [-0.25, -0.2) is 4.98 Å². The van der Waals surface area contributed by atoms with E-state index < -0.39 is 5.91 Å². The molecule has 15 heavy (non-hydrogen) atoms. The summed E-state index contributed by atoms with van der Waals surface area (Å²) in [5, 5.41) is 0. The summed E-state index contributed by atoms with van der Waals surface area (Å²) >= 11 is 0. The molecule has 5 nitrogen and oxygen atoms in total. The van der Waals surface area contributed by atoms with Gasteiger partial charge < -0.3 is 16.5 Å². The fraction of sp³-hybridized carbons (Fsp3) is 0.200. The summed E-state index contributed by atoms with van der Waals surface area (Å²) < 4.78 is 0. The Labute approximate surface area is 86.5 Å². The Morgan fingerprint density at radius 1 is 1.53 bits per heavy atom. The van der Waals surface area contributed by atoms with E-state index in [9.17, 15) is 4.79 Å². The van der Waals surface area contributed by atoms with Crippen molar-refractivity contribution in [1.29, 1.82) is 0 Å². The number of carbonyl (C=O) groups excluding carboxylic acids is 1. The van der Waals surface area contributed by atoms with E-state index in [4.69, 9.17) is 11.5 Å². The second-order valence-electron chi connectivity index (χ2n) is 3.48. The van der Waals surface area contributed by atoms with Crippen LogP contribution in [-0.2, 0) is 0 Å². The normalized spacial score (nSPS) is 12.9. The standard InChI is InChI=1S/C10H12N4O/c1-5(11)10-13-7-4-2-3-6(9(12)15)8(7)14-10/h2-5H,11H2,1H3,(H2,12,15)(H,13,14)/t5-/m0/s1. The summed E-state index contributed by atoms with van der Waals surface area (Å²) in [6, 6.07) is 5.04. The van der Waals surface area contributed by atoms with Crippen molar-refractivity contribution in [2.75, 3.05) is 0 Å². The molecule has 5 heteroatoms. The van der Waals surface area contributed by atoms with Gasteiger partial charge >= 0.3 is 0 Å². The number of H-pyrrole nitrogens is 1. The second kappa shape index (κ2) is 3.36. The first kappa shape index (κ1) is 9.67. The molecule has 0 unspecified atom stereocenters. The Hall–Kier alpha value is -1.88. The molecule has 78 valence electrons. The molecule has 2 rings (SSSR count). The first-order valence-electron chi connectivity index (χ1n) is 4.63. The van der Waals surface area contributed by atoms with E-state index in [1.807, 2.05) is 13.0 Å². The van der Waals surface area contributed by atoms with E-state index in [2.05, 4.69) is 9.97 Å². The molecular weight excluding hydrogens is 192 g/mol. The lowest BCUT2D eigenvalue weighted by Gasteiger charge is -1.96. The van der Waals surface area contributed by atoms with Gasteiger partial charge in [-0.15, -0.1) is 0 Å². The van der Waals surface area contributed by atoms with Crippen LogP contribution in [-0.4, -0.2) is 15.9 Å². The molecule has 1 aromatic carbocycles. The number of nitrogens with one attached hydrogen (secondary N) is 1. The average Bonchev–Trinajstić information content (AvgIpc) is 2.60. The van der Waals surface area contributed by atoms with Crippen LogP contribution in [0.15, 0.2) is 18.2 Å². The van der Waals surface area contributed by atoms with Crippen molar-refractivity contribution in [3.05, 3.63) is 29.6 Å². The largest absolute Gasteiger partial charge is 0.366 e. The van der Waals surface area contributed by atoms with Crippen molar-refractivity contribution >= 4 is 16.9 Å². The molecule has 0 radical (unpaired) electrons. The van der Waals surface area contributed by atoms with E-state index >= 15 is 0 Å². The molecule has 1 aromatic heterocycles. The quantitative estimate of drug-likeness (QED) is 0.670. The third kappa shape index (κ3) is 1.57. The predicted molar refractivity (Wildman–Crippen MR) is 57.2 cm³/mol. The number of primary amides is 1. The molecule has 2 aromatic rings. The van der Waals surface area contributed by atoms with E-state index in [-0.39, 0.29) is 6.04 Å². The fourth-order valence-electron chi connectivity index (χ4n) is 1.47. The molecule has 0 saturated carbocycles. The fourth-order valence-corrected chi connectivity index (χ4v) is 1.47. The Morgan fingerprint density at radius 3 is 2.87 bits per heavy atom. The van der Waals surface area contributed by atoms with Gasteiger partial charge in [-0.3, -0.25) is 4.79 Å². The van der Waals surface area contributed by atoms with Gasteiger partial charge in [0.1, 0.15) is 11.3 Å². The molecule has 0 spiro atoms. The molecular formula is C10H12N4O. The summed E-state index contributed by atoms with van der Waals surface area (Å²) in [7, 11) is 0. The summed E-state index contributed by atoms with van der Waals surface area (Å²) in [6.45, 7) is 1.82. The zero-order valence-electron chi connectivity index (χ0n) is 8.32. The zero-order valence-corrected chi connectivity index (χ0v) is 8.32. The number of rotatable bonds is 2. The SMILES string of the molecule is C[C@H](N)c1nc2c(C(N)=O)cccc2[nH]1. The number of hydrogen-bond donors (Lipinski definition) is 3. The first-order valence-corrected chi connectivity index (χ1v) is 4.63. The van der Waals surface area contributed by atoms with Crippen LogP contribution in [0.2, 0.25) is 0 Å². The number of fused-ring (bicyclic) bond motifs is 1. The number of carbonyl (C=O) groups is 1. The van der Waals surface area contributed by atoms with Gasteiger partial charge in [0, 0.05) is 0 Å². The van der Waals surface area contributed by atoms with Gasteiger partial charge in [-0.2, -0.15) is 0 Å². The maximum Gasteiger partial charge on any atom is 0.250 e. The van der Waals surface area contributed by atoms with Gasteiger partial charge in [0.2, 0.25) is 0 Å². The first-order chi connectivity index (χ1) is 7.09. The van der Waals surface area contributed by atoms with Crippen LogP contribution in [0.25, 0.3) is 11.0 Å². The van der Waals surface area contributed by atoms with Crippen molar-refractivity contribution in [2.24, 2.45) is 11.5 Å². The summed E-state index contributed by atoms with van der Waals surface area (Å²) in [5.74, 6) is 0.169. The number of amides is 1. The van der Waals surface area contributed by atoms with E-state index in [0.717, 1.165) is 5.52 Å². The summed E-state index contributed by atoms with van der Waals surface area (Å²) in [5.41, 5.74) is 12.7.